The van der Waals surface area contributed by atoms with Crippen molar-refractivity contribution in [1.29, 1.82) is 0 Å². The lowest BCUT2D eigenvalue weighted by molar-refractivity contribution is -0.148. The Labute approximate surface area is 78.6 Å². The summed E-state index contributed by atoms with van der Waals surface area (Å²) in [5, 5.41) is 0. The van der Waals surface area contributed by atoms with E-state index in [-0.39, 0.29) is 12.0 Å². The maximum Gasteiger partial charge on any atom is 0.325 e. The summed E-state index contributed by atoms with van der Waals surface area (Å²) in [6.45, 7) is 6.43. The van der Waals surface area contributed by atoms with E-state index in [0.717, 1.165) is 13.1 Å². The number of likely N-dealkylation sites (N-methyl/N-ethyl adjacent to an activating group) is 1. The van der Waals surface area contributed by atoms with Gasteiger partial charge < -0.3 is 4.74 Å². The monoisotopic (exact) mass is 184 g/mol. The quantitative estimate of drug-likeness (QED) is 0.593. The molecule has 0 aromatic carbocycles. The lowest BCUT2D eigenvalue weighted by Crippen LogP contribution is -2.47. The molecule has 1 unspecified atom stereocenters. The van der Waals surface area contributed by atoms with Crippen LogP contribution in [0.2, 0.25) is 0 Å². The van der Waals surface area contributed by atoms with Crippen molar-refractivity contribution in [3.63, 3.8) is 0 Å². The van der Waals surface area contributed by atoms with Gasteiger partial charge in [0.2, 0.25) is 0 Å². The van der Waals surface area contributed by atoms with Crippen LogP contribution in [0, 0.1) is 0 Å². The van der Waals surface area contributed by atoms with Crippen LogP contribution in [0.25, 0.3) is 0 Å². The Morgan fingerprint density at radius 1 is 1.69 bits per heavy atom. The van der Waals surface area contributed by atoms with Crippen LogP contribution in [0.3, 0.4) is 0 Å². The summed E-state index contributed by atoms with van der Waals surface area (Å²) in [7, 11) is 0. The van der Waals surface area contributed by atoms with Crippen LogP contribution in [0.5, 0.6) is 0 Å². The van der Waals surface area contributed by atoms with E-state index in [1.54, 1.807) is 0 Å². The highest BCUT2D eigenvalue weighted by Crippen LogP contribution is 2.05. The molecule has 4 heteroatoms. The third-order valence-corrected chi connectivity index (χ3v) is 2.13. The molecule has 0 N–H and O–H groups in total. The Balaban J connectivity index is 2.55. The first-order valence-electron chi connectivity index (χ1n) is 4.68. The number of ether oxygens (including phenoxy) is 1. The van der Waals surface area contributed by atoms with Gasteiger partial charge in [0, 0.05) is 12.8 Å². The summed E-state index contributed by atoms with van der Waals surface area (Å²) in [5.41, 5.74) is 0. The molecule has 0 fully saturated rings. The van der Waals surface area contributed by atoms with Crippen molar-refractivity contribution in [2.45, 2.75) is 19.9 Å². The number of aliphatic imine (C=N–C) groups is 1. The lowest BCUT2D eigenvalue weighted by Gasteiger charge is -2.28. The number of hydrogen-bond donors (Lipinski definition) is 0. The smallest absolute Gasteiger partial charge is 0.325 e. The van der Waals surface area contributed by atoms with Gasteiger partial charge >= 0.3 is 5.97 Å². The first kappa shape index (κ1) is 10.2. The summed E-state index contributed by atoms with van der Waals surface area (Å²) in [6.07, 6.45) is 1.85. The molecule has 1 atom stereocenters. The molecule has 0 bridgehead atoms. The molecule has 74 valence electrons. The molecule has 4 nitrogen and oxygen atoms in total. The van der Waals surface area contributed by atoms with Gasteiger partial charge in [-0.05, 0) is 13.5 Å². The van der Waals surface area contributed by atoms with E-state index in [4.69, 9.17) is 4.74 Å². The lowest BCUT2D eigenvalue weighted by atomic mass is 10.2. The maximum absolute atomic E-state index is 11.4. The van der Waals surface area contributed by atoms with Gasteiger partial charge in [0.1, 0.15) is 6.04 Å². The highest BCUT2D eigenvalue weighted by Gasteiger charge is 2.26. The number of nitrogens with zero attached hydrogens (tertiary/aromatic N) is 2. The van der Waals surface area contributed by atoms with E-state index in [2.05, 4.69) is 9.89 Å². The molecule has 0 saturated carbocycles. The average molecular weight is 184 g/mol. The Kier molecular flexibility index (Phi) is 3.89. The summed E-state index contributed by atoms with van der Waals surface area (Å²) in [4.78, 5) is 17.6. The van der Waals surface area contributed by atoms with E-state index in [9.17, 15) is 4.79 Å². The molecular formula is C9H16N2O2. The number of rotatable bonds is 3. The molecule has 1 aliphatic rings. The second-order valence-electron chi connectivity index (χ2n) is 2.90. The number of esters is 1. The van der Waals surface area contributed by atoms with Crippen LogP contribution in [0.15, 0.2) is 4.99 Å². The first-order valence-corrected chi connectivity index (χ1v) is 4.68. The summed E-state index contributed by atoms with van der Waals surface area (Å²) in [6, 6.07) is -0.171. The van der Waals surface area contributed by atoms with Crippen LogP contribution in [0.4, 0.5) is 0 Å². The van der Waals surface area contributed by atoms with Gasteiger partial charge in [-0.1, -0.05) is 6.92 Å². The minimum absolute atomic E-state index is 0.152. The summed E-state index contributed by atoms with van der Waals surface area (Å²) >= 11 is 0. The van der Waals surface area contributed by atoms with Crippen molar-refractivity contribution in [1.82, 2.24) is 4.90 Å². The van der Waals surface area contributed by atoms with Gasteiger partial charge in [0.25, 0.3) is 0 Å². The second kappa shape index (κ2) is 4.97. The standard InChI is InChI=1S/C9H16N2O2/c1-3-11-6-5-10-7-8(11)9(12)13-4-2/h5,8H,3-4,6-7H2,1-2H3. The van der Waals surface area contributed by atoms with E-state index in [0.29, 0.717) is 13.2 Å². The molecule has 1 heterocycles. The van der Waals surface area contributed by atoms with E-state index < -0.39 is 0 Å². The predicted molar refractivity (Wildman–Crippen MR) is 51.0 cm³/mol. The Hall–Kier alpha value is -0.900. The van der Waals surface area contributed by atoms with Crippen LogP contribution in [-0.2, 0) is 9.53 Å². The molecule has 0 spiro atoms. The molecule has 0 radical (unpaired) electrons. The van der Waals surface area contributed by atoms with Crippen molar-refractivity contribution in [3.8, 4) is 0 Å². The van der Waals surface area contributed by atoms with Gasteiger partial charge in [-0.15, -0.1) is 0 Å². The highest BCUT2D eigenvalue weighted by molar-refractivity contribution is 5.78. The van der Waals surface area contributed by atoms with E-state index >= 15 is 0 Å². The molecule has 0 aliphatic carbocycles. The SMILES string of the molecule is CCOC(=O)C1CN=CCN1CC. The zero-order valence-corrected chi connectivity index (χ0v) is 8.19. The first-order chi connectivity index (χ1) is 6.29. The second-order valence-corrected chi connectivity index (χ2v) is 2.90. The van der Waals surface area contributed by atoms with Crippen molar-refractivity contribution >= 4 is 12.2 Å². The Morgan fingerprint density at radius 3 is 3.08 bits per heavy atom. The number of carbonyl (C=O) groups excluding carboxylic acids is 1. The maximum atomic E-state index is 11.4. The van der Waals surface area contributed by atoms with Gasteiger partial charge in [-0.25, -0.2) is 0 Å². The molecule has 1 aliphatic heterocycles. The van der Waals surface area contributed by atoms with Gasteiger partial charge in [-0.2, -0.15) is 0 Å². The van der Waals surface area contributed by atoms with Crippen LogP contribution in [-0.4, -0.2) is 49.4 Å². The Bertz CT molecular complexity index is 204. The van der Waals surface area contributed by atoms with Crippen LogP contribution in [0.1, 0.15) is 13.8 Å². The number of hydrogen-bond acceptors (Lipinski definition) is 4. The molecule has 0 aromatic heterocycles. The molecular weight excluding hydrogens is 168 g/mol. The molecule has 0 amide bonds. The highest BCUT2D eigenvalue weighted by atomic mass is 16.5. The third kappa shape index (κ3) is 2.52. The zero-order valence-electron chi connectivity index (χ0n) is 8.19. The van der Waals surface area contributed by atoms with Crippen molar-refractivity contribution in [2.75, 3.05) is 26.2 Å². The van der Waals surface area contributed by atoms with E-state index in [1.807, 2.05) is 20.1 Å². The minimum Gasteiger partial charge on any atom is -0.465 e. The van der Waals surface area contributed by atoms with Crippen LogP contribution < -0.4 is 0 Å². The van der Waals surface area contributed by atoms with Crippen molar-refractivity contribution < 1.29 is 9.53 Å². The topological polar surface area (TPSA) is 41.9 Å². The molecule has 0 aromatic rings. The molecule has 13 heavy (non-hydrogen) atoms. The number of carbonyl (C=O) groups is 1. The molecule has 0 saturated heterocycles. The third-order valence-electron chi connectivity index (χ3n) is 2.13. The summed E-state index contributed by atoms with van der Waals surface area (Å²) < 4.78 is 4.96. The average Bonchev–Trinajstić information content (AvgIpc) is 2.18. The fraction of sp³-hybridized carbons (Fsp3) is 0.778. The predicted octanol–water partition coefficient (Wildman–Crippen LogP) is 0.324. The normalized spacial score (nSPS) is 23.1. The zero-order chi connectivity index (χ0) is 9.68. The largest absolute Gasteiger partial charge is 0.465 e. The Morgan fingerprint density at radius 2 is 2.46 bits per heavy atom. The van der Waals surface area contributed by atoms with Gasteiger partial charge in [0.05, 0.1) is 13.2 Å². The van der Waals surface area contributed by atoms with Gasteiger partial charge in [-0.3, -0.25) is 14.7 Å². The van der Waals surface area contributed by atoms with Gasteiger partial charge in [0.15, 0.2) is 0 Å². The fourth-order valence-corrected chi connectivity index (χ4v) is 1.39. The van der Waals surface area contributed by atoms with E-state index in [1.165, 1.54) is 0 Å². The van der Waals surface area contributed by atoms with Crippen molar-refractivity contribution in [3.05, 3.63) is 0 Å². The summed E-state index contributed by atoms with van der Waals surface area (Å²) in [5.74, 6) is -0.152. The van der Waals surface area contributed by atoms with Crippen LogP contribution >= 0.6 is 0 Å². The molecule has 1 rings (SSSR count). The van der Waals surface area contributed by atoms with Crippen molar-refractivity contribution in [2.24, 2.45) is 4.99 Å². The minimum atomic E-state index is -0.171. The fourth-order valence-electron chi connectivity index (χ4n) is 1.39.